The van der Waals surface area contributed by atoms with Crippen molar-refractivity contribution in [3.05, 3.63) is 66.0 Å². The van der Waals surface area contributed by atoms with Crippen molar-refractivity contribution in [1.82, 2.24) is 14.8 Å². The molecule has 2 heterocycles. The number of pyridine rings is 1. The van der Waals surface area contributed by atoms with Crippen LogP contribution in [0.3, 0.4) is 0 Å². The summed E-state index contributed by atoms with van der Waals surface area (Å²) in [5.41, 5.74) is 2.81. The predicted octanol–water partition coefficient (Wildman–Crippen LogP) is 3.61. The largest absolute Gasteiger partial charge is 0.303 e. The summed E-state index contributed by atoms with van der Waals surface area (Å²) in [6, 6.07) is 16.4. The van der Waals surface area contributed by atoms with Crippen molar-refractivity contribution in [1.29, 1.82) is 0 Å². The maximum atomic E-state index is 4.10. The van der Waals surface area contributed by atoms with Gasteiger partial charge in [0.05, 0.1) is 0 Å². The van der Waals surface area contributed by atoms with Crippen LogP contribution in [0.5, 0.6) is 0 Å². The molecule has 3 rings (SSSR count). The number of benzene rings is 1. The summed E-state index contributed by atoms with van der Waals surface area (Å²) in [5, 5.41) is 0. The van der Waals surface area contributed by atoms with E-state index in [0.29, 0.717) is 12.1 Å². The van der Waals surface area contributed by atoms with Crippen molar-refractivity contribution in [2.24, 2.45) is 0 Å². The number of aromatic nitrogens is 1. The molecule has 1 aliphatic rings. The lowest BCUT2D eigenvalue weighted by Crippen LogP contribution is -2.47. The van der Waals surface area contributed by atoms with E-state index in [-0.39, 0.29) is 0 Å². The molecule has 0 unspecified atom stereocenters. The van der Waals surface area contributed by atoms with Crippen molar-refractivity contribution in [3.63, 3.8) is 0 Å². The fourth-order valence-electron chi connectivity index (χ4n) is 3.69. The highest BCUT2D eigenvalue weighted by molar-refractivity contribution is 5.15. The van der Waals surface area contributed by atoms with Gasteiger partial charge in [0.1, 0.15) is 0 Å². The van der Waals surface area contributed by atoms with Gasteiger partial charge in [-0.15, -0.1) is 0 Å². The third-order valence-electron chi connectivity index (χ3n) is 5.34. The highest BCUT2D eigenvalue weighted by atomic mass is 15.2. The van der Waals surface area contributed by atoms with E-state index in [0.717, 1.165) is 19.5 Å². The van der Waals surface area contributed by atoms with E-state index in [1.807, 2.05) is 12.4 Å². The lowest BCUT2D eigenvalue weighted by Gasteiger charge is -2.41. The van der Waals surface area contributed by atoms with Gasteiger partial charge in [0, 0.05) is 44.1 Å². The van der Waals surface area contributed by atoms with Crippen LogP contribution in [0.1, 0.15) is 30.9 Å². The van der Waals surface area contributed by atoms with E-state index in [1.165, 1.54) is 30.5 Å². The molecular formula is C21H29N3. The third-order valence-corrected chi connectivity index (χ3v) is 5.34. The fourth-order valence-corrected chi connectivity index (χ4v) is 3.69. The average molecular weight is 323 g/mol. The molecule has 0 saturated carbocycles. The second-order valence-electron chi connectivity index (χ2n) is 7.07. The maximum Gasteiger partial charge on any atom is 0.0270 e. The molecular weight excluding hydrogens is 294 g/mol. The van der Waals surface area contributed by atoms with Gasteiger partial charge in [-0.05, 0) is 56.5 Å². The van der Waals surface area contributed by atoms with Crippen LogP contribution < -0.4 is 0 Å². The van der Waals surface area contributed by atoms with Crippen molar-refractivity contribution in [2.75, 3.05) is 20.1 Å². The lowest BCUT2D eigenvalue weighted by molar-refractivity contribution is 0.0809. The first-order valence-electron chi connectivity index (χ1n) is 9.09. The highest BCUT2D eigenvalue weighted by Gasteiger charge is 2.27. The summed E-state index contributed by atoms with van der Waals surface area (Å²) in [6.07, 6.45) is 7.42. The van der Waals surface area contributed by atoms with Gasteiger partial charge in [-0.2, -0.15) is 0 Å². The average Bonchev–Trinajstić information content (AvgIpc) is 2.63. The first-order valence-corrected chi connectivity index (χ1v) is 9.09. The molecule has 0 aliphatic carbocycles. The zero-order valence-electron chi connectivity index (χ0n) is 14.9. The van der Waals surface area contributed by atoms with Gasteiger partial charge in [-0.3, -0.25) is 9.88 Å². The Labute approximate surface area is 146 Å². The Morgan fingerprint density at radius 1 is 1.08 bits per heavy atom. The molecule has 24 heavy (non-hydrogen) atoms. The Kier molecular flexibility index (Phi) is 6.00. The number of rotatable bonds is 6. The summed E-state index contributed by atoms with van der Waals surface area (Å²) in [5.74, 6) is 0. The number of hydrogen-bond acceptors (Lipinski definition) is 3. The Hall–Kier alpha value is -1.71. The van der Waals surface area contributed by atoms with E-state index in [4.69, 9.17) is 0 Å². The molecule has 3 nitrogen and oxygen atoms in total. The number of likely N-dealkylation sites (tertiary alicyclic amines) is 1. The molecule has 2 atom stereocenters. The van der Waals surface area contributed by atoms with Crippen LogP contribution in [0.15, 0.2) is 54.9 Å². The molecule has 0 N–H and O–H groups in total. The minimum absolute atomic E-state index is 0.646. The minimum Gasteiger partial charge on any atom is -0.303 e. The monoisotopic (exact) mass is 323 g/mol. The standard InChI is InChI=1S/C21H29N3/c1-18-16-21(23(2)14-10-19-8-12-22-13-9-19)11-15-24(18)17-20-6-4-3-5-7-20/h3-9,12-13,18,21H,10-11,14-17H2,1-2H3/t18-,21+/m0/s1. The number of likely N-dealkylation sites (N-methyl/N-ethyl adjacent to an activating group) is 1. The van der Waals surface area contributed by atoms with Crippen molar-refractivity contribution in [3.8, 4) is 0 Å². The summed E-state index contributed by atoms with van der Waals surface area (Å²) in [7, 11) is 2.28. The molecule has 1 aliphatic heterocycles. The van der Waals surface area contributed by atoms with Crippen LogP contribution in [-0.2, 0) is 13.0 Å². The van der Waals surface area contributed by atoms with Crippen molar-refractivity contribution in [2.45, 2.75) is 44.8 Å². The molecule has 128 valence electrons. The SMILES string of the molecule is C[C@H]1C[C@H](N(C)CCc2ccncc2)CCN1Cc1ccccc1. The normalized spacial score (nSPS) is 22.0. The Morgan fingerprint density at radius 2 is 1.83 bits per heavy atom. The summed E-state index contributed by atoms with van der Waals surface area (Å²) in [6.45, 7) is 5.78. The van der Waals surface area contributed by atoms with Crippen LogP contribution in [0.4, 0.5) is 0 Å². The van der Waals surface area contributed by atoms with Crippen molar-refractivity contribution < 1.29 is 0 Å². The number of nitrogens with zero attached hydrogens (tertiary/aromatic N) is 3. The molecule has 2 aromatic rings. The zero-order valence-corrected chi connectivity index (χ0v) is 14.9. The van der Waals surface area contributed by atoms with Crippen LogP contribution in [-0.4, -0.2) is 47.0 Å². The van der Waals surface area contributed by atoms with Gasteiger partial charge in [-0.25, -0.2) is 0 Å². The lowest BCUT2D eigenvalue weighted by atomic mass is 9.96. The predicted molar refractivity (Wildman–Crippen MR) is 99.9 cm³/mol. The smallest absolute Gasteiger partial charge is 0.0270 e. The zero-order chi connectivity index (χ0) is 16.8. The maximum absolute atomic E-state index is 4.10. The highest BCUT2D eigenvalue weighted by Crippen LogP contribution is 2.23. The molecule has 0 amide bonds. The van der Waals surface area contributed by atoms with Crippen LogP contribution in [0, 0.1) is 0 Å². The Bertz CT molecular complexity index is 599. The topological polar surface area (TPSA) is 19.4 Å². The van der Waals surface area contributed by atoms with Gasteiger partial charge < -0.3 is 4.90 Å². The van der Waals surface area contributed by atoms with Crippen LogP contribution in [0.2, 0.25) is 0 Å². The Balaban J connectivity index is 1.47. The van der Waals surface area contributed by atoms with E-state index >= 15 is 0 Å². The van der Waals surface area contributed by atoms with Crippen LogP contribution >= 0.6 is 0 Å². The molecule has 0 bridgehead atoms. The van der Waals surface area contributed by atoms with Gasteiger partial charge in [0.15, 0.2) is 0 Å². The van der Waals surface area contributed by atoms with E-state index in [2.05, 4.69) is 71.2 Å². The minimum atomic E-state index is 0.646. The number of piperidine rings is 1. The van der Waals surface area contributed by atoms with E-state index in [1.54, 1.807) is 0 Å². The van der Waals surface area contributed by atoms with E-state index < -0.39 is 0 Å². The molecule has 1 aromatic heterocycles. The first kappa shape index (κ1) is 17.1. The second kappa shape index (κ2) is 8.41. The van der Waals surface area contributed by atoms with Gasteiger partial charge in [0.2, 0.25) is 0 Å². The molecule has 0 radical (unpaired) electrons. The molecule has 3 heteroatoms. The van der Waals surface area contributed by atoms with Crippen LogP contribution in [0.25, 0.3) is 0 Å². The van der Waals surface area contributed by atoms with Gasteiger partial charge in [0.25, 0.3) is 0 Å². The summed E-state index contributed by atoms with van der Waals surface area (Å²) in [4.78, 5) is 9.28. The van der Waals surface area contributed by atoms with Gasteiger partial charge in [-0.1, -0.05) is 30.3 Å². The van der Waals surface area contributed by atoms with Gasteiger partial charge >= 0.3 is 0 Å². The third kappa shape index (κ3) is 4.65. The molecule has 1 aromatic carbocycles. The Morgan fingerprint density at radius 3 is 2.54 bits per heavy atom. The van der Waals surface area contributed by atoms with Crippen molar-refractivity contribution >= 4 is 0 Å². The summed E-state index contributed by atoms with van der Waals surface area (Å²) >= 11 is 0. The quantitative estimate of drug-likeness (QED) is 0.809. The first-order chi connectivity index (χ1) is 11.7. The number of hydrogen-bond donors (Lipinski definition) is 0. The summed E-state index contributed by atoms with van der Waals surface area (Å²) < 4.78 is 0. The van der Waals surface area contributed by atoms with E-state index in [9.17, 15) is 0 Å². The fraction of sp³-hybridized carbons (Fsp3) is 0.476. The second-order valence-corrected chi connectivity index (χ2v) is 7.07. The molecule has 0 spiro atoms. The molecule has 1 fully saturated rings. The molecule has 1 saturated heterocycles.